The first-order chi connectivity index (χ1) is 24.1. The number of aliphatic imine (C=N–C) groups is 2. The van der Waals surface area contributed by atoms with Crippen molar-refractivity contribution in [2.45, 2.75) is 202 Å². The lowest BCUT2D eigenvalue weighted by Gasteiger charge is -2.13. The van der Waals surface area contributed by atoms with Gasteiger partial charge in [0.25, 0.3) is 0 Å². The molecule has 274 valence electrons. The lowest BCUT2D eigenvalue weighted by Crippen LogP contribution is -2.12. The second kappa shape index (κ2) is 28.2. The number of unbranched alkanes of at least 4 members (excludes halogenated alkanes) is 14. The van der Waals surface area contributed by atoms with Gasteiger partial charge in [0.15, 0.2) is 0 Å². The number of rotatable bonds is 29. The molecule has 0 unspecified atom stereocenters. The summed E-state index contributed by atoms with van der Waals surface area (Å²) in [6, 6.07) is 14.1. The van der Waals surface area contributed by atoms with Crippen LogP contribution in [0.4, 0.5) is 11.4 Å². The Bertz CT molecular complexity index is 1220. The standard InChI is InChI=1S/C47H76N2/c1-7-13-19-21-22-23-24-25-27-33-47(49-45-37-35-41(29-16-10-4)43(39-45)31-18-12-6)46(32-26-20-14-8-2)48-44-36-34-40(28-15-9-3)42(38-44)30-17-11-5/h27,33-39H,7-26,28-32H2,1-6H3. The van der Waals surface area contributed by atoms with Gasteiger partial charge in [0.05, 0.1) is 22.8 Å². The highest BCUT2D eigenvalue weighted by molar-refractivity contribution is 6.47. The molecule has 0 fully saturated rings. The molecule has 0 saturated heterocycles. The van der Waals surface area contributed by atoms with Gasteiger partial charge in [-0.25, -0.2) is 4.99 Å². The molecule has 0 saturated carbocycles. The molecule has 0 aliphatic carbocycles. The van der Waals surface area contributed by atoms with Crippen LogP contribution in [-0.4, -0.2) is 11.4 Å². The Morgan fingerprint density at radius 1 is 0.449 bits per heavy atom. The van der Waals surface area contributed by atoms with Crippen LogP contribution in [0.15, 0.2) is 58.5 Å². The van der Waals surface area contributed by atoms with Gasteiger partial charge in [-0.3, -0.25) is 4.99 Å². The van der Waals surface area contributed by atoms with Crippen LogP contribution in [0.1, 0.15) is 199 Å². The highest BCUT2D eigenvalue weighted by Gasteiger charge is 2.12. The molecule has 2 nitrogen and oxygen atoms in total. The zero-order valence-electron chi connectivity index (χ0n) is 33.2. The van der Waals surface area contributed by atoms with E-state index >= 15 is 0 Å². The molecule has 0 aliphatic rings. The van der Waals surface area contributed by atoms with E-state index in [1.54, 1.807) is 0 Å². The summed E-state index contributed by atoms with van der Waals surface area (Å²) in [6.45, 7) is 13.8. The molecule has 2 aromatic carbocycles. The molecule has 2 aromatic rings. The maximum Gasteiger partial charge on any atom is 0.0848 e. The number of aryl methyl sites for hydroxylation is 4. The Hall–Kier alpha value is -2.48. The van der Waals surface area contributed by atoms with E-state index in [0.29, 0.717) is 0 Å². The van der Waals surface area contributed by atoms with Crippen LogP contribution >= 0.6 is 0 Å². The predicted octanol–water partition coefficient (Wildman–Crippen LogP) is 15.6. The average Bonchev–Trinajstić information content (AvgIpc) is 3.12. The van der Waals surface area contributed by atoms with Gasteiger partial charge in [-0.15, -0.1) is 0 Å². The van der Waals surface area contributed by atoms with E-state index in [2.05, 4.69) is 90.1 Å². The van der Waals surface area contributed by atoms with Crippen molar-refractivity contribution < 1.29 is 0 Å². The van der Waals surface area contributed by atoms with E-state index in [1.165, 1.54) is 151 Å². The molecule has 0 atom stereocenters. The summed E-state index contributed by atoms with van der Waals surface area (Å²) in [5, 5.41) is 0. The number of nitrogens with zero attached hydrogens (tertiary/aromatic N) is 2. The van der Waals surface area contributed by atoms with E-state index in [1.807, 2.05) is 0 Å². The molecule has 0 N–H and O–H groups in total. The fraction of sp³-hybridized carbons (Fsp3) is 0.660. The third-order valence-corrected chi connectivity index (χ3v) is 9.90. The number of hydrogen-bond acceptors (Lipinski definition) is 2. The van der Waals surface area contributed by atoms with Crippen LogP contribution in [0.2, 0.25) is 0 Å². The fourth-order valence-corrected chi connectivity index (χ4v) is 6.65. The van der Waals surface area contributed by atoms with Crippen molar-refractivity contribution in [1.82, 2.24) is 0 Å². The SMILES string of the molecule is CCCCCCCCCC=CC(=Nc1ccc(CCCC)c(CCCC)c1)C(CCCCCC)=Nc1ccc(CCCC)c(CCCC)c1. The Morgan fingerprint density at radius 2 is 0.878 bits per heavy atom. The first-order valence-electron chi connectivity index (χ1n) is 21.2. The van der Waals surface area contributed by atoms with E-state index in [0.717, 1.165) is 54.9 Å². The first kappa shape index (κ1) is 42.7. The van der Waals surface area contributed by atoms with Crippen LogP contribution in [0.5, 0.6) is 0 Å². The van der Waals surface area contributed by atoms with Crippen molar-refractivity contribution in [3.8, 4) is 0 Å². The minimum absolute atomic E-state index is 0.972. The summed E-state index contributed by atoms with van der Waals surface area (Å²) in [4.78, 5) is 10.9. The lowest BCUT2D eigenvalue weighted by molar-refractivity contribution is 0.592. The van der Waals surface area contributed by atoms with Gasteiger partial charge >= 0.3 is 0 Å². The topological polar surface area (TPSA) is 24.7 Å². The molecular formula is C47H76N2. The molecule has 0 spiro atoms. The van der Waals surface area contributed by atoms with Crippen LogP contribution in [0.25, 0.3) is 0 Å². The monoisotopic (exact) mass is 669 g/mol. The van der Waals surface area contributed by atoms with Gasteiger partial charge in [-0.05, 0) is 130 Å². The average molecular weight is 669 g/mol. The summed E-state index contributed by atoms with van der Waals surface area (Å²) in [7, 11) is 0. The van der Waals surface area contributed by atoms with Gasteiger partial charge in [0.1, 0.15) is 0 Å². The number of allylic oxidation sites excluding steroid dienone is 2. The normalized spacial score (nSPS) is 12.4. The quantitative estimate of drug-likeness (QED) is 0.0609. The van der Waals surface area contributed by atoms with Crippen molar-refractivity contribution in [2.24, 2.45) is 9.98 Å². The van der Waals surface area contributed by atoms with Crippen molar-refractivity contribution in [3.63, 3.8) is 0 Å². The molecular weight excluding hydrogens is 593 g/mol. The van der Waals surface area contributed by atoms with Crippen LogP contribution in [0.3, 0.4) is 0 Å². The van der Waals surface area contributed by atoms with Crippen LogP contribution < -0.4 is 0 Å². The molecule has 0 amide bonds. The van der Waals surface area contributed by atoms with Crippen LogP contribution in [0, 0.1) is 0 Å². The lowest BCUT2D eigenvalue weighted by atomic mass is 9.97. The maximum atomic E-state index is 5.46. The second-order valence-electron chi connectivity index (χ2n) is 14.5. The Morgan fingerprint density at radius 3 is 1.39 bits per heavy atom. The van der Waals surface area contributed by atoms with E-state index in [-0.39, 0.29) is 0 Å². The minimum atomic E-state index is 0.972. The Kier molecular flexibility index (Phi) is 24.6. The summed E-state index contributed by atoms with van der Waals surface area (Å²) < 4.78 is 0. The summed E-state index contributed by atoms with van der Waals surface area (Å²) in [5.41, 5.74) is 10.4. The molecule has 0 heterocycles. The molecule has 0 aliphatic heterocycles. The van der Waals surface area contributed by atoms with Gasteiger partial charge < -0.3 is 0 Å². The molecule has 0 aromatic heterocycles. The van der Waals surface area contributed by atoms with Crippen molar-refractivity contribution in [2.75, 3.05) is 0 Å². The Labute approximate surface area is 304 Å². The smallest absolute Gasteiger partial charge is 0.0848 e. The maximum absolute atomic E-state index is 5.46. The molecule has 49 heavy (non-hydrogen) atoms. The summed E-state index contributed by atoms with van der Waals surface area (Å²) in [6.07, 6.45) is 35.6. The van der Waals surface area contributed by atoms with Crippen LogP contribution in [-0.2, 0) is 25.7 Å². The largest absolute Gasteiger partial charge is 0.251 e. The first-order valence-corrected chi connectivity index (χ1v) is 21.2. The van der Waals surface area contributed by atoms with E-state index < -0.39 is 0 Å². The second-order valence-corrected chi connectivity index (χ2v) is 14.5. The van der Waals surface area contributed by atoms with Crippen molar-refractivity contribution in [3.05, 3.63) is 70.8 Å². The Balaban J connectivity index is 2.54. The minimum Gasteiger partial charge on any atom is -0.251 e. The number of hydrogen-bond donors (Lipinski definition) is 0. The van der Waals surface area contributed by atoms with Gasteiger partial charge in [-0.2, -0.15) is 0 Å². The highest BCUT2D eigenvalue weighted by Crippen LogP contribution is 2.26. The zero-order chi connectivity index (χ0) is 35.4. The highest BCUT2D eigenvalue weighted by atomic mass is 14.8. The van der Waals surface area contributed by atoms with Crippen molar-refractivity contribution >= 4 is 22.8 Å². The van der Waals surface area contributed by atoms with E-state index in [9.17, 15) is 0 Å². The summed E-state index contributed by atoms with van der Waals surface area (Å²) in [5.74, 6) is 0. The predicted molar refractivity (Wildman–Crippen MR) is 222 cm³/mol. The van der Waals surface area contributed by atoms with Gasteiger partial charge in [0.2, 0.25) is 0 Å². The van der Waals surface area contributed by atoms with E-state index in [4.69, 9.17) is 9.98 Å². The zero-order valence-corrected chi connectivity index (χ0v) is 33.2. The fourth-order valence-electron chi connectivity index (χ4n) is 6.65. The third kappa shape index (κ3) is 18.4. The molecule has 2 rings (SSSR count). The molecule has 2 heteroatoms. The van der Waals surface area contributed by atoms with Gasteiger partial charge in [0, 0.05) is 0 Å². The third-order valence-electron chi connectivity index (χ3n) is 9.90. The molecule has 0 radical (unpaired) electrons. The van der Waals surface area contributed by atoms with Gasteiger partial charge in [-0.1, -0.05) is 143 Å². The molecule has 0 bridgehead atoms. The summed E-state index contributed by atoms with van der Waals surface area (Å²) >= 11 is 0. The van der Waals surface area contributed by atoms with Crippen molar-refractivity contribution in [1.29, 1.82) is 0 Å². The number of benzene rings is 2.